The maximum absolute atomic E-state index is 13.8. The Balaban J connectivity index is 1.28. The number of carbonyl (C=O) groups is 5. The van der Waals surface area contributed by atoms with Crippen molar-refractivity contribution in [2.45, 2.75) is 65.1 Å². The van der Waals surface area contributed by atoms with E-state index in [4.69, 9.17) is 0 Å². The number of imidazole rings is 1. The molecule has 0 radical (unpaired) electrons. The summed E-state index contributed by atoms with van der Waals surface area (Å²) in [7, 11) is 1.66. The van der Waals surface area contributed by atoms with Gasteiger partial charge in [0.1, 0.15) is 23.6 Å². The van der Waals surface area contributed by atoms with Crippen LogP contribution >= 0.6 is 0 Å². The van der Waals surface area contributed by atoms with Crippen LogP contribution in [0.3, 0.4) is 0 Å². The Labute approximate surface area is 306 Å². The van der Waals surface area contributed by atoms with Gasteiger partial charge < -0.3 is 35.7 Å². The van der Waals surface area contributed by atoms with E-state index < -0.39 is 29.8 Å². The number of benzene rings is 2. The summed E-state index contributed by atoms with van der Waals surface area (Å²) in [5, 5.41) is 16.8. The fraction of sp³-hybridized carbons (Fsp3) is 0.395. The summed E-state index contributed by atoms with van der Waals surface area (Å²) in [5.74, 6) is -1.32. The van der Waals surface area contributed by atoms with Crippen LogP contribution in [0.2, 0.25) is 0 Å². The zero-order valence-corrected chi connectivity index (χ0v) is 30.5. The monoisotopic (exact) mass is 722 g/mol. The van der Waals surface area contributed by atoms with Crippen molar-refractivity contribution in [2.24, 2.45) is 7.05 Å². The van der Waals surface area contributed by atoms with E-state index in [1.165, 1.54) is 9.58 Å². The number of aryl methyl sites for hydroxylation is 4. The number of nitrogens with one attached hydrogen (secondary N) is 5. The Morgan fingerprint density at radius 1 is 0.906 bits per heavy atom. The van der Waals surface area contributed by atoms with Crippen LogP contribution in [0.25, 0.3) is 21.9 Å². The van der Waals surface area contributed by atoms with Gasteiger partial charge in [0.25, 0.3) is 11.8 Å². The number of hydrogen-bond donors (Lipinski definition) is 5. The summed E-state index contributed by atoms with van der Waals surface area (Å²) in [6, 6.07) is 12.8. The maximum Gasteiger partial charge on any atom is 0.272 e. The molecule has 0 fully saturated rings. The molecule has 5 amide bonds. The van der Waals surface area contributed by atoms with Crippen LogP contribution in [0, 0.1) is 13.8 Å². The summed E-state index contributed by atoms with van der Waals surface area (Å²) >= 11 is 0. The first-order valence-electron chi connectivity index (χ1n) is 18.0. The predicted octanol–water partition coefficient (Wildman–Crippen LogP) is 2.27. The van der Waals surface area contributed by atoms with Crippen molar-refractivity contribution < 1.29 is 24.0 Å². The average molecular weight is 723 g/mol. The second-order valence-corrected chi connectivity index (χ2v) is 13.4. The molecule has 0 aliphatic carbocycles. The number of aromatic amines is 1. The van der Waals surface area contributed by atoms with Crippen molar-refractivity contribution >= 4 is 51.5 Å². The minimum atomic E-state index is -0.963. The Morgan fingerprint density at radius 3 is 2.45 bits per heavy atom. The molecule has 0 saturated carbocycles. The molecule has 15 heteroatoms. The molecule has 0 unspecified atom stereocenters. The number of aromatic nitrogens is 5. The molecular formula is C38H46N10O5. The molecule has 3 aromatic heterocycles. The first kappa shape index (κ1) is 36.8. The van der Waals surface area contributed by atoms with Gasteiger partial charge >= 0.3 is 0 Å². The van der Waals surface area contributed by atoms with E-state index in [9.17, 15) is 24.0 Å². The lowest BCUT2D eigenvalue weighted by atomic mass is 10.0. The smallest absolute Gasteiger partial charge is 0.272 e. The number of H-pyrrole nitrogens is 1. The summed E-state index contributed by atoms with van der Waals surface area (Å²) < 4.78 is 3.48. The lowest BCUT2D eigenvalue weighted by molar-refractivity contribution is -0.132. The first-order valence-corrected chi connectivity index (χ1v) is 18.0. The zero-order chi connectivity index (χ0) is 37.6. The Morgan fingerprint density at radius 2 is 1.68 bits per heavy atom. The van der Waals surface area contributed by atoms with Crippen LogP contribution in [0.1, 0.15) is 64.1 Å². The van der Waals surface area contributed by atoms with Crippen LogP contribution in [-0.2, 0) is 34.4 Å². The molecule has 4 heterocycles. The molecule has 2 bridgehead atoms. The highest BCUT2D eigenvalue weighted by Gasteiger charge is 2.29. The van der Waals surface area contributed by atoms with Crippen molar-refractivity contribution in [1.29, 1.82) is 0 Å². The fourth-order valence-electron chi connectivity index (χ4n) is 6.81. The van der Waals surface area contributed by atoms with Crippen LogP contribution < -0.4 is 21.3 Å². The lowest BCUT2D eigenvalue weighted by Gasteiger charge is -2.25. The van der Waals surface area contributed by atoms with E-state index in [-0.39, 0.29) is 44.3 Å². The lowest BCUT2D eigenvalue weighted by Crippen LogP contribution is -2.55. The fourth-order valence-corrected chi connectivity index (χ4v) is 6.81. The SMILES string of the molecule is CC[C@@H]1NC(=O)CN(C(=O)c2cc(C)nn2C)CCCNC(=O)c2ccc3nc(C)n(c3c2)CCCNC(=O)[C@@H](Cc2c[nH]c3ccccc23)NC1=O. The summed E-state index contributed by atoms with van der Waals surface area (Å²) in [6.07, 6.45) is 3.24. The van der Waals surface area contributed by atoms with Crippen molar-refractivity contribution in [1.82, 2.24) is 50.5 Å². The molecule has 0 spiro atoms. The van der Waals surface area contributed by atoms with Crippen LogP contribution in [0.15, 0.2) is 54.7 Å². The Hall–Kier alpha value is -5.99. The molecule has 53 heavy (non-hydrogen) atoms. The van der Waals surface area contributed by atoms with E-state index in [1.807, 2.05) is 48.0 Å². The van der Waals surface area contributed by atoms with Gasteiger partial charge in [0.15, 0.2) is 0 Å². The molecule has 0 saturated heterocycles. The highest BCUT2D eigenvalue weighted by molar-refractivity contribution is 5.98. The van der Waals surface area contributed by atoms with Gasteiger partial charge in [-0.2, -0.15) is 5.10 Å². The number of rotatable bonds is 4. The highest BCUT2D eigenvalue weighted by atomic mass is 16.2. The average Bonchev–Trinajstić information content (AvgIpc) is 3.81. The molecule has 6 rings (SSSR count). The highest BCUT2D eigenvalue weighted by Crippen LogP contribution is 2.21. The summed E-state index contributed by atoms with van der Waals surface area (Å²) in [4.78, 5) is 77.2. The Kier molecular flexibility index (Phi) is 11.2. The van der Waals surface area contributed by atoms with Gasteiger partial charge in [0.05, 0.1) is 23.3 Å². The maximum atomic E-state index is 13.8. The molecule has 5 N–H and O–H groups in total. The van der Waals surface area contributed by atoms with Gasteiger partial charge in [-0.25, -0.2) is 4.98 Å². The van der Waals surface area contributed by atoms with Gasteiger partial charge in [0.2, 0.25) is 17.7 Å². The van der Waals surface area contributed by atoms with E-state index in [0.717, 1.165) is 33.3 Å². The molecule has 5 aromatic rings. The summed E-state index contributed by atoms with van der Waals surface area (Å²) in [6.45, 7) is 6.37. The topological polar surface area (TPSA) is 188 Å². The van der Waals surface area contributed by atoms with E-state index in [1.54, 1.807) is 39.1 Å². The predicted molar refractivity (Wildman–Crippen MR) is 199 cm³/mol. The molecule has 1 aliphatic heterocycles. The van der Waals surface area contributed by atoms with Gasteiger partial charge in [0, 0.05) is 62.3 Å². The third-order valence-electron chi connectivity index (χ3n) is 9.58. The van der Waals surface area contributed by atoms with Gasteiger partial charge in [-0.05, 0) is 69.0 Å². The number of amides is 5. The number of nitrogens with zero attached hydrogens (tertiary/aromatic N) is 5. The number of carbonyl (C=O) groups excluding carboxylic acids is 5. The van der Waals surface area contributed by atoms with Crippen molar-refractivity contribution in [3.63, 3.8) is 0 Å². The number of hydrogen-bond acceptors (Lipinski definition) is 7. The normalized spacial score (nSPS) is 18.6. The standard InChI is InChI=1S/C38H46N10O5/c1-5-28-37(52)44-31(19-26-21-41-29-11-7-6-10-27(26)29)36(51)40-15-9-17-48-24(3)42-30-13-12-25(20-32(30)48)35(50)39-14-8-16-47(22-34(49)43-28)38(53)33-18-23(2)45-46(33)4/h6-7,10-13,18,20-21,28,31,41H,5,8-9,14-17,19,22H2,1-4H3,(H,39,50)(H,40,51)(H,43,49)(H,44,52)/t28-,31+/m0/s1. The minimum Gasteiger partial charge on any atom is -0.361 e. The second kappa shape index (κ2) is 16.1. The largest absolute Gasteiger partial charge is 0.361 e. The van der Waals surface area contributed by atoms with E-state index in [0.29, 0.717) is 42.9 Å². The summed E-state index contributed by atoms with van der Waals surface area (Å²) in [5.41, 5.74) is 4.74. The molecule has 2 atom stereocenters. The molecular weight excluding hydrogens is 676 g/mol. The van der Waals surface area contributed by atoms with Gasteiger partial charge in [-0.15, -0.1) is 0 Å². The second-order valence-electron chi connectivity index (χ2n) is 13.4. The van der Waals surface area contributed by atoms with Crippen LogP contribution in [-0.4, -0.2) is 97.0 Å². The van der Waals surface area contributed by atoms with E-state index >= 15 is 0 Å². The third kappa shape index (κ3) is 8.40. The van der Waals surface area contributed by atoms with Gasteiger partial charge in [-0.1, -0.05) is 25.1 Å². The van der Waals surface area contributed by atoms with Crippen molar-refractivity contribution in [2.75, 3.05) is 26.2 Å². The molecule has 1 aliphatic rings. The van der Waals surface area contributed by atoms with Gasteiger partial charge in [-0.3, -0.25) is 28.7 Å². The number of para-hydroxylation sites is 1. The number of fused-ring (bicyclic) bond motifs is 2. The quantitative estimate of drug-likeness (QED) is 0.188. The first-order chi connectivity index (χ1) is 25.5. The zero-order valence-electron chi connectivity index (χ0n) is 30.5. The third-order valence-corrected chi connectivity index (χ3v) is 9.58. The molecule has 278 valence electrons. The van der Waals surface area contributed by atoms with Crippen LogP contribution in [0.4, 0.5) is 0 Å². The van der Waals surface area contributed by atoms with E-state index in [2.05, 4.69) is 36.3 Å². The van der Waals surface area contributed by atoms with Crippen molar-refractivity contribution in [3.8, 4) is 0 Å². The van der Waals surface area contributed by atoms with Crippen molar-refractivity contribution in [3.05, 3.63) is 83.1 Å². The molecule has 2 aromatic carbocycles. The minimum absolute atomic E-state index is 0.150. The Bertz CT molecular complexity index is 2160. The van der Waals surface area contributed by atoms with Crippen LogP contribution in [0.5, 0.6) is 0 Å². The molecule has 15 nitrogen and oxygen atoms in total.